The summed E-state index contributed by atoms with van der Waals surface area (Å²) in [6.45, 7) is 3.75. The van der Waals surface area contributed by atoms with Gasteiger partial charge in [-0.05, 0) is 30.3 Å². The number of H-pyrrole nitrogens is 2. The van der Waals surface area contributed by atoms with Gasteiger partial charge in [0.25, 0.3) is 0 Å². The first-order valence-corrected chi connectivity index (χ1v) is 10.7. The van der Waals surface area contributed by atoms with Gasteiger partial charge in [-0.1, -0.05) is 6.92 Å². The molecule has 6 aromatic rings. The number of hydrogen-bond donors (Lipinski definition) is 3. The first-order valence-electron chi connectivity index (χ1n) is 10.7. The van der Waals surface area contributed by atoms with E-state index in [4.69, 9.17) is 9.40 Å². The summed E-state index contributed by atoms with van der Waals surface area (Å²) in [6, 6.07) is 6.02. The minimum absolute atomic E-state index is 0.658. The van der Waals surface area contributed by atoms with Crippen molar-refractivity contribution in [1.82, 2.24) is 40.4 Å². The Morgan fingerprint density at radius 2 is 1.94 bits per heavy atom. The summed E-state index contributed by atoms with van der Waals surface area (Å²) in [5, 5.41) is 11.8. The standard InChI is InChI=1S/C24H20N8O/c1-2-25-7-14-5-16(9-26-8-14)19-6-17-20(12-28-19)31-32-23(17)24-29-21-11-27-10-18(22(21)30-24)15-3-4-33-13-15/h3-6,8-13,25H,2,7H2,1H3,(H,29,30)(H,31,32). The highest BCUT2D eigenvalue weighted by molar-refractivity contribution is 5.97. The molecule has 3 N–H and O–H groups in total. The number of pyridine rings is 3. The largest absolute Gasteiger partial charge is 0.472 e. The van der Waals surface area contributed by atoms with Gasteiger partial charge in [0.1, 0.15) is 11.2 Å². The van der Waals surface area contributed by atoms with E-state index in [1.807, 2.05) is 24.5 Å². The summed E-state index contributed by atoms with van der Waals surface area (Å²) in [7, 11) is 0. The third-order valence-electron chi connectivity index (χ3n) is 5.57. The van der Waals surface area contributed by atoms with E-state index in [1.54, 1.807) is 31.1 Å². The van der Waals surface area contributed by atoms with Crippen molar-refractivity contribution in [1.29, 1.82) is 0 Å². The van der Waals surface area contributed by atoms with Crippen LogP contribution in [0.1, 0.15) is 12.5 Å². The fourth-order valence-electron chi connectivity index (χ4n) is 3.92. The zero-order valence-electron chi connectivity index (χ0n) is 17.8. The fourth-order valence-corrected chi connectivity index (χ4v) is 3.92. The summed E-state index contributed by atoms with van der Waals surface area (Å²) >= 11 is 0. The monoisotopic (exact) mass is 436 g/mol. The van der Waals surface area contributed by atoms with Crippen molar-refractivity contribution in [2.24, 2.45) is 0 Å². The molecule has 0 atom stereocenters. The first-order chi connectivity index (χ1) is 16.3. The summed E-state index contributed by atoms with van der Waals surface area (Å²) in [6.07, 6.45) is 12.4. The predicted molar refractivity (Wildman–Crippen MR) is 125 cm³/mol. The Bertz CT molecular complexity index is 1560. The Morgan fingerprint density at radius 3 is 2.82 bits per heavy atom. The average Bonchev–Trinajstić information content (AvgIpc) is 3.61. The van der Waals surface area contributed by atoms with Gasteiger partial charge in [-0.3, -0.25) is 20.1 Å². The topological polar surface area (TPSA) is 121 Å². The van der Waals surface area contributed by atoms with Gasteiger partial charge < -0.3 is 14.7 Å². The van der Waals surface area contributed by atoms with Gasteiger partial charge in [-0.25, -0.2) is 4.98 Å². The van der Waals surface area contributed by atoms with Crippen molar-refractivity contribution in [3.05, 3.63) is 67.3 Å². The highest BCUT2D eigenvalue weighted by Gasteiger charge is 2.17. The van der Waals surface area contributed by atoms with E-state index in [0.717, 1.165) is 68.7 Å². The Hall–Kier alpha value is -4.37. The van der Waals surface area contributed by atoms with Crippen LogP contribution in [0.25, 0.3) is 55.8 Å². The summed E-state index contributed by atoms with van der Waals surface area (Å²) in [4.78, 5) is 21.6. The number of aromatic amines is 2. The van der Waals surface area contributed by atoms with Crippen LogP contribution in [-0.4, -0.2) is 41.7 Å². The average molecular weight is 436 g/mol. The maximum atomic E-state index is 5.24. The predicted octanol–water partition coefficient (Wildman–Crippen LogP) is 4.33. The van der Waals surface area contributed by atoms with E-state index in [2.05, 4.69) is 48.4 Å². The van der Waals surface area contributed by atoms with Crippen LogP contribution in [0.5, 0.6) is 0 Å². The van der Waals surface area contributed by atoms with Gasteiger partial charge in [-0.2, -0.15) is 5.10 Å². The second-order valence-electron chi connectivity index (χ2n) is 7.73. The minimum Gasteiger partial charge on any atom is -0.472 e. The molecule has 6 rings (SSSR count). The van der Waals surface area contributed by atoms with Crippen molar-refractivity contribution < 1.29 is 4.42 Å². The smallest absolute Gasteiger partial charge is 0.159 e. The second-order valence-corrected chi connectivity index (χ2v) is 7.73. The van der Waals surface area contributed by atoms with E-state index in [-0.39, 0.29) is 0 Å². The number of imidazole rings is 1. The van der Waals surface area contributed by atoms with E-state index >= 15 is 0 Å². The molecule has 162 valence electrons. The van der Waals surface area contributed by atoms with Gasteiger partial charge in [0.15, 0.2) is 5.82 Å². The molecule has 0 fully saturated rings. The number of furan rings is 1. The number of aromatic nitrogens is 7. The molecule has 9 nitrogen and oxygen atoms in total. The molecule has 0 radical (unpaired) electrons. The van der Waals surface area contributed by atoms with Crippen LogP contribution >= 0.6 is 0 Å². The SMILES string of the molecule is CCNCc1cncc(-c2cc3c(-c4nc5c(-c6ccoc6)cncc5[nH]4)n[nH]c3cn2)c1. The molecule has 0 aliphatic carbocycles. The van der Waals surface area contributed by atoms with E-state index in [0.29, 0.717) is 5.82 Å². The summed E-state index contributed by atoms with van der Waals surface area (Å²) in [5.41, 5.74) is 7.91. The van der Waals surface area contributed by atoms with Crippen molar-refractivity contribution in [2.45, 2.75) is 13.5 Å². The molecule has 0 aliphatic heterocycles. The molecule has 0 spiro atoms. The van der Waals surface area contributed by atoms with Crippen LogP contribution in [0, 0.1) is 0 Å². The van der Waals surface area contributed by atoms with E-state index < -0.39 is 0 Å². The molecular weight excluding hydrogens is 416 g/mol. The highest BCUT2D eigenvalue weighted by atomic mass is 16.3. The highest BCUT2D eigenvalue weighted by Crippen LogP contribution is 2.32. The Morgan fingerprint density at radius 1 is 1.00 bits per heavy atom. The third-order valence-corrected chi connectivity index (χ3v) is 5.57. The molecule has 0 amide bonds. The van der Waals surface area contributed by atoms with E-state index in [1.165, 1.54) is 0 Å². The fraction of sp³-hybridized carbons (Fsp3) is 0.125. The van der Waals surface area contributed by atoms with Crippen LogP contribution in [0.15, 0.2) is 66.1 Å². The lowest BCUT2D eigenvalue weighted by atomic mass is 10.1. The third kappa shape index (κ3) is 3.44. The molecule has 6 aromatic heterocycles. The number of fused-ring (bicyclic) bond motifs is 2. The Balaban J connectivity index is 1.44. The zero-order chi connectivity index (χ0) is 22.2. The molecule has 33 heavy (non-hydrogen) atoms. The van der Waals surface area contributed by atoms with Gasteiger partial charge in [0.2, 0.25) is 0 Å². The maximum absolute atomic E-state index is 5.24. The summed E-state index contributed by atoms with van der Waals surface area (Å²) in [5.74, 6) is 0.658. The molecule has 9 heteroatoms. The number of nitrogens with zero attached hydrogens (tertiary/aromatic N) is 5. The number of nitrogens with one attached hydrogen (secondary N) is 3. The van der Waals surface area contributed by atoms with Crippen molar-refractivity contribution in [3.8, 4) is 33.9 Å². The van der Waals surface area contributed by atoms with Gasteiger partial charge in [0.05, 0.1) is 41.6 Å². The lowest BCUT2D eigenvalue weighted by molar-refractivity contribution is 0.568. The zero-order valence-corrected chi connectivity index (χ0v) is 17.8. The van der Waals surface area contributed by atoms with E-state index in [9.17, 15) is 0 Å². The van der Waals surface area contributed by atoms with Crippen molar-refractivity contribution in [2.75, 3.05) is 6.54 Å². The molecule has 0 aliphatic rings. The molecule has 6 heterocycles. The van der Waals surface area contributed by atoms with Gasteiger partial charge >= 0.3 is 0 Å². The molecule has 0 saturated carbocycles. The molecule has 0 bridgehead atoms. The Labute approximate surface area is 188 Å². The van der Waals surface area contributed by atoms with Crippen LogP contribution in [0.3, 0.4) is 0 Å². The minimum atomic E-state index is 0.658. The normalized spacial score (nSPS) is 11.5. The van der Waals surface area contributed by atoms with Crippen LogP contribution in [0.4, 0.5) is 0 Å². The van der Waals surface area contributed by atoms with Crippen LogP contribution in [0.2, 0.25) is 0 Å². The first kappa shape index (κ1) is 19.3. The summed E-state index contributed by atoms with van der Waals surface area (Å²) < 4.78 is 5.24. The molecule has 0 saturated heterocycles. The number of rotatable bonds is 6. The van der Waals surface area contributed by atoms with Crippen LogP contribution in [-0.2, 0) is 6.54 Å². The number of hydrogen-bond acceptors (Lipinski definition) is 7. The molecule has 0 unspecified atom stereocenters. The molecular formula is C24H20N8O. The Kier molecular flexibility index (Phi) is 4.66. The van der Waals surface area contributed by atoms with Crippen molar-refractivity contribution >= 4 is 21.9 Å². The molecule has 0 aromatic carbocycles. The second kappa shape index (κ2) is 7.95. The van der Waals surface area contributed by atoms with Crippen molar-refractivity contribution in [3.63, 3.8) is 0 Å². The van der Waals surface area contributed by atoms with Crippen LogP contribution < -0.4 is 5.32 Å². The lowest BCUT2D eigenvalue weighted by Gasteiger charge is -2.05. The maximum Gasteiger partial charge on any atom is 0.159 e. The quantitative estimate of drug-likeness (QED) is 0.355. The lowest BCUT2D eigenvalue weighted by Crippen LogP contribution is -2.11. The van der Waals surface area contributed by atoms with Gasteiger partial charge in [-0.15, -0.1) is 0 Å². The van der Waals surface area contributed by atoms with Gasteiger partial charge in [0, 0.05) is 47.2 Å².